The second-order valence-electron chi connectivity index (χ2n) is 10.5. The number of hydrogen-bond acceptors (Lipinski definition) is 9. The largest absolute Gasteiger partial charge is 0.497 e. The number of ether oxygens (including phenoxy) is 2. The highest BCUT2D eigenvalue weighted by Crippen LogP contribution is 2.28. The third-order valence-electron chi connectivity index (χ3n) is 7.64. The molecule has 1 aromatic carbocycles. The number of piperidine rings is 1. The van der Waals surface area contributed by atoms with Gasteiger partial charge in [-0.15, -0.1) is 0 Å². The van der Waals surface area contributed by atoms with Crippen LogP contribution in [0.15, 0.2) is 29.3 Å². The number of hydrogen-bond donors (Lipinski definition) is 0. The molecule has 0 N–H and O–H groups in total. The molecule has 0 bridgehead atoms. The summed E-state index contributed by atoms with van der Waals surface area (Å²) in [5, 5.41) is 0. The molecular formula is C27H42N6O4S. The maximum absolute atomic E-state index is 13.2. The zero-order chi connectivity index (χ0) is 27.3. The Balaban J connectivity index is 1.27. The number of methoxy groups -OCH3 is 1. The Morgan fingerprint density at radius 3 is 2.34 bits per heavy atom. The predicted octanol–water partition coefficient (Wildman–Crippen LogP) is 2.27. The third kappa shape index (κ3) is 6.93. The van der Waals surface area contributed by atoms with Crippen molar-refractivity contribution in [3.63, 3.8) is 0 Å². The van der Waals surface area contributed by atoms with Gasteiger partial charge in [0.15, 0.2) is 0 Å². The van der Waals surface area contributed by atoms with Crippen molar-refractivity contribution in [2.75, 3.05) is 85.1 Å². The van der Waals surface area contributed by atoms with E-state index in [-0.39, 0.29) is 19.2 Å². The van der Waals surface area contributed by atoms with Crippen molar-refractivity contribution in [2.45, 2.75) is 31.6 Å². The molecule has 0 unspecified atom stereocenters. The van der Waals surface area contributed by atoms with Crippen LogP contribution in [0.5, 0.6) is 11.8 Å². The Hall–Kier alpha value is -2.47. The van der Waals surface area contributed by atoms with Gasteiger partial charge >= 0.3 is 6.01 Å². The molecule has 1 aromatic heterocycles. The van der Waals surface area contributed by atoms with E-state index in [0.29, 0.717) is 21.8 Å². The lowest BCUT2D eigenvalue weighted by Gasteiger charge is -2.38. The molecule has 2 aromatic rings. The van der Waals surface area contributed by atoms with Gasteiger partial charge in [0.1, 0.15) is 18.2 Å². The molecule has 4 rings (SSSR count). The summed E-state index contributed by atoms with van der Waals surface area (Å²) in [6.07, 6.45) is 4.28. The van der Waals surface area contributed by atoms with Crippen molar-refractivity contribution in [3.8, 4) is 11.8 Å². The van der Waals surface area contributed by atoms with Gasteiger partial charge in [0, 0.05) is 52.5 Å². The summed E-state index contributed by atoms with van der Waals surface area (Å²) in [5.74, 6) is 2.29. The van der Waals surface area contributed by atoms with Crippen LogP contribution < -0.4 is 14.4 Å². The lowest BCUT2D eigenvalue weighted by Crippen LogP contribution is -2.49. The van der Waals surface area contributed by atoms with Crippen LogP contribution in [-0.2, 0) is 10.0 Å². The molecule has 2 aliphatic rings. The van der Waals surface area contributed by atoms with Crippen molar-refractivity contribution in [1.82, 2.24) is 24.1 Å². The van der Waals surface area contributed by atoms with Crippen molar-refractivity contribution >= 4 is 15.8 Å². The highest BCUT2D eigenvalue weighted by atomic mass is 32.2. The van der Waals surface area contributed by atoms with Gasteiger partial charge in [-0.05, 0) is 82.1 Å². The minimum Gasteiger partial charge on any atom is -0.497 e. The number of aromatic nitrogens is 2. The van der Waals surface area contributed by atoms with Crippen molar-refractivity contribution < 1.29 is 17.9 Å². The molecule has 2 saturated heterocycles. The van der Waals surface area contributed by atoms with E-state index < -0.39 is 10.0 Å². The first-order valence-corrected chi connectivity index (χ1v) is 14.8. The van der Waals surface area contributed by atoms with Gasteiger partial charge in [-0.25, -0.2) is 13.4 Å². The quantitative estimate of drug-likeness (QED) is 0.445. The molecule has 0 spiro atoms. The van der Waals surface area contributed by atoms with Gasteiger partial charge < -0.3 is 19.3 Å². The zero-order valence-corrected chi connectivity index (χ0v) is 24.2. The first kappa shape index (κ1) is 28.5. The molecule has 0 amide bonds. The van der Waals surface area contributed by atoms with Crippen LogP contribution in [0.2, 0.25) is 0 Å². The van der Waals surface area contributed by atoms with Crippen LogP contribution in [0.1, 0.15) is 24.0 Å². The summed E-state index contributed by atoms with van der Waals surface area (Å²) < 4.78 is 38.8. The van der Waals surface area contributed by atoms with Gasteiger partial charge in [0.25, 0.3) is 0 Å². The van der Waals surface area contributed by atoms with E-state index >= 15 is 0 Å². The molecule has 3 heterocycles. The zero-order valence-electron chi connectivity index (χ0n) is 23.4. The highest BCUT2D eigenvalue weighted by Gasteiger charge is 2.26. The molecule has 0 aliphatic carbocycles. The molecule has 2 fully saturated rings. The smallest absolute Gasteiger partial charge is 0.318 e. The van der Waals surface area contributed by atoms with Gasteiger partial charge in [-0.1, -0.05) is 0 Å². The fourth-order valence-electron chi connectivity index (χ4n) is 5.32. The number of rotatable bonds is 10. The van der Waals surface area contributed by atoms with E-state index in [1.54, 1.807) is 46.3 Å². The summed E-state index contributed by atoms with van der Waals surface area (Å²) in [6.45, 7) is 11.4. The molecule has 0 radical (unpaired) electrons. The minimum absolute atomic E-state index is 0.151. The molecule has 38 heavy (non-hydrogen) atoms. The second kappa shape index (κ2) is 12.6. The number of benzene rings is 1. The summed E-state index contributed by atoms with van der Waals surface area (Å²) >= 11 is 0. The average molecular weight is 547 g/mol. The van der Waals surface area contributed by atoms with Gasteiger partial charge in [0.2, 0.25) is 10.0 Å². The molecule has 11 heteroatoms. The lowest BCUT2D eigenvalue weighted by atomic mass is 9.96. The van der Waals surface area contributed by atoms with Gasteiger partial charge in [-0.2, -0.15) is 9.29 Å². The van der Waals surface area contributed by atoms with E-state index in [4.69, 9.17) is 9.47 Å². The number of anilines is 1. The number of aryl methyl sites for hydroxylation is 2. The number of likely N-dealkylation sites (N-methyl/N-ethyl adjacent to an activating group) is 1. The van der Waals surface area contributed by atoms with Crippen LogP contribution in [0.4, 0.5) is 5.82 Å². The van der Waals surface area contributed by atoms with Crippen molar-refractivity contribution in [3.05, 3.63) is 35.5 Å². The Kier molecular flexibility index (Phi) is 9.45. The average Bonchev–Trinajstić information content (AvgIpc) is 2.90. The van der Waals surface area contributed by atoms with Crippen LogP contribution in [0, 0.1) is 19.8 Å². The van der Waals surface area contributed by atoms with E-state index in [0.717, 1.165) is 37.9 Å². The number of nitrogens with zero attached hydrogens (tertiary/aromatic N) is 6. The number of likely N-dealkylation sites (tertiary alicyclic amines) is 1. The molecule has 210 valence electrons. The van der Waals surface area contributed by atoms with Crippen molar-refractivity contribution in [2.24, 2.45) is 5.92 Å². The number of piperazine rings is 1. The molecule has 0 atom stereocenters. The van der Waals surface area contributed by atoms with Crippen LogP contribution in [0.25, 0.3) is 0 Å². The third-order valence-corrected chi connectivity index (χ3v) is 9.81. The van der Waals surface area contributed by atoms with E-state index in [2.05, 4.69) is 31.7 Å². The summed E-state index contributed by atoms with van der Waals surface area (Å²) in [5.41, 5.74) is 1.30. The monoisotopic (exact) mass is 546 g/mol. The molecule has 0 saturated carbocycles. The second-order valence-corrected chi connectivity index (χ2v) is 12.5. The summed E-state index contributed by atoms with van der Waals surface area (Å²) in [6, 6.07) is 5.64. The van der Waals surface area contributed by atoms with Gasteiger partial charge in [-0.3, -0.25) is 4.90 Å². The maximum atomic E-state index is 13.2. The van der Waals surface area contributed by atoms with E-state index in [1.165, 1.54) is 36.8 Å². The fourth-order valence-corrected chi connectivity index (χ4v) is 6.88. The Morgan fingerprint density at radius 1 is 1.05 bits per heavy atom. The Morgan fingerprint density at radius 2 is 1.71 bits per heavy atom. The first-order chi connectivity index (χ1) is 18.2. The first-order valence-electron chi connectivity index (χ1n) is 13.4. The Bertz CT molecular complexity index is 1150. The summed E-state index contributed by atoms with van der Waals surface area (Å²) in [4.78, 5) is 16.4. The normalized spacial score (nSPS) is 18.2. The Labute approximate surface area is 227 Å². The van der Waals surface area contributed by atoms with E-state index in [9.17, 15) is 8.42 Å². The molecular weight excluding hydrogens is 504 g/mol. The minimum atomic E-state index is -3.68. The predicted molar refractivity (Wildman–Crippen MR) is 149 cm³/mol. The fraction of sp³-hybridized carbons (Fsp3) is 0.630. The van der Waals surface area contributed by atoms with E-state index in [1.807, 2.05) is 6.07 Å². The molecule has 2 aliphatic heterocycles. The lowest BCUT2D eigenvalue weighted by molar-refractivity contribution is 0.155. The van der Waals surface area contributed by atoms with Crippen molar-refractivity contribution in [1.29, 1.82) is 0 Å². The van der Waals surface area contributed by atoms with Gasteiger partial charge in [0.05, 0.1) is 12.0 Å². The topological polar surface area (TPSA) is 91.3 Å². The number of sulfonamides is 1. The molecule has 10 nitrogen and oxygen atoms in total. The standard InChI is InChI=1S/C27H42N6O4S/c1-21-18-24(36-5)19-22(2)26(21)38(34,35)31(4)16-17-37-27-28-9-6-25(29-27)33-14-12-32(13-15-33)20-23-7-10-30(3)11-8-23/h6,9,18-19,23H,7-8,10-17,20H2,1-5H3. The van der Waals surface area contributed by atoms with Crippen LogP contribution in [0.3, 0.4) is 0 Å². The highest BCUT2D eigenvalue weighted by molar-refractivity contribution is 7.89. The summed E-state index contributed by atoms with van der Waals surface area (Å²) in [7, 11) is 1.65. The van der Waals surface area contributed by atoms with Crippen LogP contribution >= 0.6 is 0 Å². The SMILES string of the molecule is COc1cc(C)c(S(=O)(=O)N(C)CCOc2nccc(N3CCN(CC4CCN(C)CC4)CC3)n2)c(C)c1. The van der Waals surface area contributed by atoms with Crippen LogP contribution in [-0.4, -0.2) is 113 Å². The maximum Gasteiger partial charge on any atom is 0.318 e.